The van der Waals surface area contributed by atoms with E-state index in [-0.39, 0.29) is 12.1 Å². The molecule has 0 unspecified atom stereocenters. The van der Waals surface area contributed by atoms with Crippen molar-refractivity contribution in [1.82, 2.24) is 10.2 Å². The zero-order valence-electron chi connectivity index (χ0n) is 14.6. The molecular weight excluding hydrogens is 298 g/mol. The number of piperidine rings is 2. The number of nitrogens with zero attached hydrogens (tertiary/aromatic N) is 1. The molecule has 0 amide bonds. The van der Waals surface area contributed by atoms with Crippen LogP contribution in [0.25, 0.3) is 0 Å². The number of nitrogens with two attached hydrogens (primary N) is 1. The second-order valence-corrected chi connectivity index (χ2v) is 6.02. The van der Waals surface area contributed by atoms with Crippen LogP contribution in [-0.4, -0.2) is 65.3 Å². The van der Waals surface area contributed by atoms with Gasteiger partial charge in [-0.2, -0.15) is 0 Å². The topological polar surface area (TPSA) is 116 Å². The van der Waals surface area contributed by atoms with Crippen molar-refractivity contribution in [2.75, 3.05) is 20.1 Å². The van der Waals surface area contributed by atoms with E-state index in [2.05, 4.69) is 29.8 Å². The summed E-state index contributed by atoms with van der Waals surface area (Å²) in [6.45, 7) is 5.91. The number of nitrogens with one attached hydrogen (secondary N) is 1. The normalized spacial score (nSPS) is 24.7. The third-order valence-electron chi connectivity index (χ3n) is 4.10. The van der Waals surface area contributed by atoms with Gasteiger partial charge in [0.2, 0.25) is 0 Å². The van der Waals surface area contributed by atoms with E-state index in [1.807, 2.05) is 0 Å². The highest BCUT2D eigenvalue weighted by atomic mass is 16.4. The second-order valence-electron chi connectivity index (χ2n) is 6.02. The molecule has 2 atom stereocenters. The maximum Gasteiger partial charge on any atom is 0.320 e. The van der Waals surface area contributed by atoms with Crippen molar-refractivity contribution in [3.63, 3.8) is 0 Å². The number of carbonyl (C=O) groups is 2. The van der Waals surface area contributed by atoms with Crippen LogP contribution in [0.3, 0.4) is 0 Å². The van der Waals surface area contributed by atoms with E-state index in [0.717, 1.165) is 51.6 Å². The molecule has 0 aromatic rings. The summed E-state index contributed by atoms with van der Waals surface area (Å²) < 4.78 is 0. The lowest BCUT2D eigenvalue weighted by atomic mass is 10.0. The molecule has 23 heavy (non-hydrogen) atoms. The molecule has 136 valence electrons. The number of rotatable bonds is 3. The minimum absolute atomic E-state index is 0.237. The number of carboxylic acid groups (broad SMARTS) is 2. The van der Waals surface area contributed by atoms with Crippen molar-refractivity contribution in [2.45, 2.75) is 70.5 Å². The molecule has 5 N–H and O–H groups in total. The van der Waals surface area contributed by atoms with Crippen molar-refractivity contribution in [2.24, 2.45) is 5.73 Å². The number of likely N-dealkylation sites (tertiary alicyclic amines) is 1. The lowest BCUT2D eigenvalue weighted by molar-refractivity contribution is -0.145. The number of hydrogen-bond acceptors (Lipinski definition) is 5. The van der Waals surface area contributed by atoms with E-state index in [9.17, 15) is 9.59 Å². The van der Waals surface area contributed by atoms with Crippen LogP contribution < -0.4 is 11.1 Å². The predicted molar refractivity (Wildman–Crippen MR) is 90.5 cm³/mol. The number of aliphatic carboxylic acids is 2. The van der Waals surface area contributed by atoms with Crippen molar-refractivity contribution >= 4 is 11.9 Å². The van der Waals surface area contributed by atoms with E-state index in [1.165, 1.54) is 7.05 Å². The van der Waals surface area contributed by atoms with E-state index < -0.39 is 11.9 Å². The fourth-order valence-electron chi connectivity index (χ4n) is 2.90. The summed E-state index contributed by atoms with van der Waals surface area (Å²) in [6.07, 6.45) is 5.96. The average molecular weight is 331 g/mol. The summed E-state index contributed by atoms with van der Waals surface area (Å²) in [5, 5.41) is 20.3. The Hall–Kier alpha value is -1.18. The maximum atomic E-state index is 10.8. The van der Waals surface area contributed by atoms with Crippen molar-refractivity contribution in [1.29, 1.82) is 0 Å². The van der Waals surface area contributed by atoms with Gasteiger partial charge in [-0.1, -0.05) is 12.8 Å². The van der Waals surface area contributed by atoms with Crippen LogP contribution in [0.5, 0.6) is 0 Å². The van der Waals surface area contributed by atoms with Crippen LogP contribution in [-0.2, 0) is 9.59 Å². The first kappa shape index (κ1) is 21.8. The molecule has 2 aliphatic heterocycles. The Kier molecular flexibility index (Phi) is 11.6. The molecule has 2 heterocycles. The quantitative estimate of drug-likeness (QED) is 0.612. The summed E-state index contributed by atoms with van der Waals surface area (Å²) in [5.41, 5.74) is 4.50. The summed E-state index contributed by atoms with van der Waals surface area (Å²) in [7, 11) is 1.50. The van der Waals surface area contributed by atoms with Gasteiger partial charge in [0.25, 0.3) is 0 Å². The van der Waals surface area contributed by atoms with Gasteiger partial charge in [-0.05, 0) is 59.7 Å². The van der Waals surface area contributed by atoms with E-state index in [1.54, 1.807) is 0 Å². The van der Waals surface area contributed by atoms with Crippen molar-refractivity contribution < 1.29 is 19.8 Å². The van der Waals surface area contributed by atoms with Gasteiger partial charge < -0.3 is 21.3 Å². The van der Waals surface area contributed by atoms with Crippen molar-refractivity contribution in [3.8, 4) is 0 Å². The zero-order valence-corrected chi connectivity index (χ0v) is 14.6. The third-order valence-corrected chi connectivity index (χ3v) is 4.10. The summed E-state index contributed by atoms with van der Waals surface area (Å²) in [4.78, 5) is 23.2. The minimum Gasteiger partial charge on any atom is -0.480 e. The molecule has 0 saturated carbocycles. The van der Waals surface area contributed by atoms with Crippen LogP contribution in [0, 0.1) is 0 Å². The Morgan fingerprint density at radius 3 is 2.00 bits per heavy atom. The first-order chi connectivity index (χ1) is 10.9. The third kappa shape index (κ3) is 8.29. The van der Waals surface area contributed by atoms with Gasteiger partial charge in [-0.3, -0.25) is 14.5 Å². The first-order valence-corrected chi connectivity index (χ1v) is 8.46. The summed E-state index contributed by atoms with van der Waals surface area (Å²) in [6, 6.07) is -0.163. The lowest BCUT2D eigenvalue weighted by Crippen LogP contribution is -2.48. The fourth-order valence-corrected chi connectivity index (χ4v) is 2.90. The van der Waals surface area contributed by atoms with Gasteiger partial charge in [0, 0.05) is 6.04 Å². The summed E-state index contributed by atoms with van der Waals surface area (Å²) >= 11 is 0. The minimum atomic E-state index is -0.713. The standard InChI is InChI=1S/C9H17NO2.C6H11NO2.CH5N/c1-7(2)10-6-4-3-5-8(10)9(11)12;8-6(9)5-3-1-2-4-7-5;1-2/h7-8H,3-6H2,1-2H3,(H,11,12);5,7H,1-4H2,(H,8,9);2H2,1H3/t8-;5-;/m11./s1. The van der Waals surface area contributed by atoms with Crippen LogP contribution >= 0.6 is 0 Å². The second kappa shape index (κ2) is 12.3. The van der Waals surface area contributed by atoms with Crippen LogP contribution in [0.15, 0.2) is 0 Å². The molecular formula is C16H33N3O4. The molecule has 2 rings (SSSR count). The molecule has 0 aromatic carbocycles. The molecule has 0 radical (unpaired) electrons. The zero-order chi connectivity index (χ0) is 17.8. The Labute approximate surface area is 139 Å². The molecule has 0 aromatic heterocycles. The molecule has 2 fully saturated rings. The van der Waals surface area contributed by atoms with E-state index in [4.69, 9.17) is 10.2 Å². The van der Waals surface area contributed by atoms with Gasteiger partial charge in [0.05, 0.1) is 0 Å². The predicted octanol–water partition coefficient (Wildman–Crippen LogP) is 1.12. The highest BCUT2D eigenvalue weighted by Crippen LogP contribution is 2.19. The van der Waals surface area contributed by atoms with Gasteiger partial charge in [0.15, 0.2) is 0 Å². The highest BCUT2D eigenvalue weighted by molar-refractivity contribution is 5.73. The van der Waals surface area contributed by atoms with Crippen LogP contribution in [0.2, 0.25) is 0 Å². The Morgan fingerprint density at radius 1 is 1.04 bits per heavy atom. The highest BCUT2D eigenvalue weighted by Gasteiger charge is 2.29. The van der Waals surface area contributed by atoms with Gasteiger partial charge >= 0.3 is 11.9 Å². The molecule has 0 spiro atoms. The molecule has 0 aliphatic carbocycles. The maximum absolute atomic E-state index is 10.8. The van der Waals surface area contributed by atoms with Gasteiger partial charge in [0.1, 0.15) is 12.1 Å². The first-order valence-electron chi connectivity index (χ1n) is 8.46. The number of carboxylic acids is 2. The van der Waals surface area contributed by atoms with E-state index in [0.29, 0.717) is 6.04 Å². The number of hydrogen-bond donors (Lipinski definition) is 4. The summed E-state index contributed by atoms with van der Waals surface area (Å²) in [5.74, 6) is -1.38. The van der Waals surface area contributed by atoms with E-state index >= 15 is 0 Å². The van der Waals surface area contributed by atoms with Gasteiger partial charge in [-0.15, -0.1) is 0 Å². The van der Waals surface area contributed by atoms with Crippen LogP contribution in [0.1, 0.15) is 52.4 Å². The Morgan fingerprint density at radius 2 is 1.65 bits per heavy atom. The molecule has 7 nitrogen and oxygen atoms in total. The average Bonchev–Trinajstić information content (AvgIpc) is 2.58. The SMILES string of the molecule is CC(C)N1CCCC[C@@H]1C(=O)O.CN.O=C(O)[C@H]1CCCCN1. The molecule has 0 bridgehead atoms. The monoisotopic (exact) mass is 331 g/mol. The largest absolute Gasteiger partial charge is 0.480 e. The smallest absolute Gasteiger partial charge is 0.320 e. The fraction of sp³-hybridized carbons (Fsp3) is 0.875. The Bertz CT molecular complexity index is 344. The van der Waals surface area contributed by atoms with Crippen LogP contribution in [0.4, 0.5) is 0 Å². The van der Waals surface area contributed by atoms with Crippen molar-refractivity contribution in [3.05, 3.63) is 0 Å². The Balaban J connectivity index is 0.000000392. The molecule has 2 aliphatic rings. The van der Waals surface area contributed by atoms with Gasteiger partial charge in [-0.25, -0.2) is 0 Å². The lowest BCUT2D eigenvalue weighted by Gasteiger charge is -2.35. The molecule has 7 heteroatoms. The molecule has 2 saturated heterocycles.